The SMILES string of the molecule is Oc1ccccc1-c1nc(-c2ccccc2)n[nH]1. The van der Waals surface area contributed by atoms with E-state index < -0.39 is 0 Å². The van der Waals surface area contributed by atoms with E-state index in [1.165, 1.54) is 0 Å². The van der Waals surface area contributed by atoms with Crippen molar-refractivity contribution in [3.8, 4) is 28.5 Å². The lowest BCUT2D eigenvalue weighted by Gasteiger charge is -1.98. The highest BCUT2D eigenvalue weighted by Crippen LogP contribution is 2.26. The third-order valence-electron chi connectivity index (χ3n) is 2.68. The van der Waals surface area contributed by atoms with Gasteiger partial charge in [0.25, 0.3) is 0 Å². The first-order valence-electron chi connectivity index (χ1n) is 5.61. The minimum atomic E-state index is 0.188. The highest BCUT2D eigenvalue weighted by molar-refractivity contribution is 5.65. The molecule has 0 aliphatic carbocycles. The average molecular weight is 237 g/mol. The fourth-order valence-electron chi connectivity index (χ4n) is 1.77. The van der Waals surface area contributed by atoms with Gasteiger partial charge >= 0.3 is 0 Å². The van der Waals surface area contributed by atoms with Gasteiger partial charge in [0, 0.05) is 5.56 Å². The molecule has 0 bridgehead atoms. The Bertz CT molecular complexity index is 662. The molecule has 2 N–H and O–H groups in total. The van der Waals surface area contributed by atoms with Crippen LogP contribution >= 0.6 is 0 Å². The van der Waals surface area contributed by atoms with Crippen molar-refractivity contribution in [3.05, 3.63) is 54.6 Å². The maximum absolute atomic E-state index is 9.76. The number of hydrogen-bond acceptors (Lipinski definition) is 3. The van der Waals surface area contributed by atoms with Gasteiger partial charge in [-0.15, -0.1) is 0 Å². The number of aromatic hydroxyl groups is 1. The molecule has 0 radical (unpaired) electrons. The summed E-state index contributed by atoms with van der Waals surface area (Å²) < 4.78 is 0. The molecular weight excluding hydrogens is 226 g/mol. The number of nitrogens with zero attached hydrogens (tertiary/aromatic N) is 2. The van der Waals surface area contributed by atoms with Gasteiger partial charge < -0.3 is 5.11 Å². The molecule has 4 nitrogen and oxygen atoms in total. The molecule has 18 heavy (non-hydrogen) atoms. The molecule has 0 unspecified atom stereocenters. The second-order valence-corrected chi connectivity index (χ2v) is 3.89. The summed E-state index contributed by atoms with van der Waals surface area (Å²) >= 11 is 0. The number of aromatic amines is 1. The summed E-state index contributed by atoms with van der Waals surface area (Å²) in [5.41, 5.74) is 1.59. The first kappa shape index (κ1) is 10.5. The number of phenols is 1. The fraction of sp³-hybridized carbons (Fsp3) is 0. The molecule has 0 spiro atoms. The van der Waals surface area contributed by atoms with Crippen LogP contribution in [-0.4, -0.2) is 20.3 Å². The molecule has 2 aromatic carbocycles. The molecule has 3 rings (SSSR count). The van der Waals surface area contributed by atoms with E-state index in [9.17, 15) is 5.11 Å². The Morgan fingerprint density at radius 2 is 1.61 bits per heavy atom. The van der Waals surface area contributed by atoms with E-state index in [4.69, 9.17) is 0 Å². The standard InChI is InChI=1S/C14H11N3O/c18-12-9-5-4-8-11(12)14-15-13(16-17-14)10-6-2-1-3-7-10/h1-9,18H,(H,15,16,17). The summed E-state index contributed by atoms with van der Waals surface area (Å²) in [4.78, 5) is 4.38. The van der Waals surface area contributed by atoms with Crippen LogP contribution in [0.25, 0.3) is 22.8 Å². The number of H-pyrrole nitrogens is 1. The monoisotopic (exact) mass is 237 g/mol. The minimum Gasteiger partial charge on any atom is -0.507 e. The second-order valence-electron chi connectivity index (χ2n) is 3.89. The lowest BCUT2D eigenvalue weighted by atomic mass is 10.2. The molecule has 0 aliphatic heterocycles. The topological polar surface area (TPSA) is 61.8 Å². The Morgan fingerprint density at radius 1 is 0.889 bits per heavy atom. The molecule has 0 atom stereocenters. The van der Waals surface area contributed by atoms with Gasteiger partial charge in [-0.3, -0.25) is 5.10 Å². The first-order chi connectivity index (χ1) is 8.84. The quantitative estimate of drug-likeness (QED) is 0.720. The van der Waals surface area contributed by atoms with Crippen LogP contribution in [0.3, 0.4) is 0 Å². The van der Waals surface area contributed by atoms with Crippen molar-refractivity contribution in [2.45, 2.75) is 0 Å². The van der Waals surface area contributed by atoms with Gasteiger partial charge in [0.05, 0.1) is 5.56 Å². The highest BCUT2D eigenvalue weighted by atomic mass is 16.3. The van der Waals surface area contributed by atoms with E-state index in [0.717, 1.165) is 5.56 Å². The molecule has 4 heteroatoms. The Labute approximate surface area is 104 Å². The van der Waals surface area contributed by atoms with Gasteiger partial charge in [-0.05, 0) is 12.1 Å². The van der Waals surface area contributed by atoms with E-state index in [1.54, 1.807) is 18.2 Å². The number of rotatable bonds is 2. The van der Waals surface area contributed by atoms with Crippen molar-refractivity contribution >= 4 is 0 Å². The van der Waals surface area contributed by atoms with Crippen LogP contribution in [0, 0.1) is 0 Å². The molecule has 0 saturated carbocycles. The fourth-order valence-corrected chi connectivity index (χ4v) is 1.77. The lowest BCUT2D eigenvalue weighted by molar-refractivity contribution is 0.477. The molecule has 1 aromatic heterocycles. The van der Waals surface area contributed by atoms with Crippen LogP contribution in [0.15, 0.2) is 54.6 Å². The number of phenolic OH excluding ortho intramolecular Hbond substituents is 1. The molecule has 0 aliphatic rings. The second kappa shape index (κ2) is 4.33. The minimum absolute atomic E-state index is 0.188. The van der Waals surface area contributed by atoms with Gasteiger partial charge in [-0.1, -0.05) is 42.5 Å². The Balaban J connectivity index is 2.03. The van der Waals surface area contributed by atoms with Crippen LogP contribution in [0.2, 0.25) is 0 Å². The number of para-hydroxylation sites is 1. The molecule has 0 fully saturated rings. The van der Waals surface area contributed by atoms with E-state index in [2.05, 4.69) is 15.2 Å². The Hall–Kier alpha value is -2.62. The third-order valence-corrected chi connectivity index (χ3v) is 2.68. The average Bonchev–Trinajstić information content (AvgIpc) is 2.90. The zero-order valence-corrected chi connectivity index (χ0v) is 9.54. The third kappa shape index (κ3) is 1.84. The molecule has 1 heterocycles. The van der Waals surface area contributed by atoms with Gasteiger partial charge in [-0.2, -0.15) is 5.10 Å². The van der Waals surface area contributed by atoms with E-state index in [1.807, 2.05) is 36.4 Å². The summed E-state index contributed by atoms with van der Waals surface area (Å²) in [5, 5.41) is 16.8. The van der Waals surface area contributed by atoms with Crippen molar-refractivity contribution in [2.24, 2.45) is 0 Å². The number of hydrogen-bond donors (Lipinski definition) is 2. The number of nitrogens with one attached hydrogen (secondary N) is 1. The van der Waals surface area contributed by atoms with Crippen molar-refractivity contribution in [1.82, 2.24) is 15.2 Å². The Kier molecular flexibility index (Phi) is 2.53. The summed E-state index contributed by atoms with van der Waals surface area (Å²) in [7, 11) is 0. The van der Waals surface area contributed by atoms with Crippen LogP contribution < -0.4 is 0 Å². The molecule has 0 saturated heterocycles. The predicted octanol–water partition coefficient (Wildman–Crippen LogP) is 2.84. The van der Waals surface area contributed by atoms with Crippen molar-refractivity contribution in [3.63, 3.8) is 0 Å². The van der Waals surface area contributed by atoms with Gasteiger partial charge in [-0.25, -0.2) is 4.98 Å². The van der Waals surface area contributed by atoms with Gasteiger partial charge in [0.1, 0.15) is 5.75 Å². The van der Waals surface area contributed by atoms with Gasteiger partial charge in [0.2, 0.25) is 0 Å². The van der Waals surface area contributed by atoms with Crippen LogP contribution in [-0.2, 0) is 0 Å². The first-order valence-corrected chi connectivity index (χ1v) is 5.61. The maximum atomic E-state index is 9.76. The van der Waals surface area contributed by atoms with Crippen molar-refractivity contribution < 1.29 is 5.11 Å². The van der Waals surface area contributed by atoms with Crippen LogP contribution in [0.4, 0.5) is 0 Å². The number of benzene rings is 2. The molecule has 88 valence electrons. The maximum Gasteiger partial charge on any atom is 0.181 e. The number of aromatic nitrogens is 3. The normalized spacial score (nSPS) is 10.4. The highest BCUT2D eigenvalue weighted by Gasteiger charge is 2.09. The summed E-state index contributed by atoms with van der Waals surface area (Å²) in [6, 6.07) is 16.7. The smallest absolute Gasteiger partial charge is 0.181 e. The van der Waals surface area contributed by atoms with Crippen LogP contribution in [0.1, 0.15) is 0 Å². The summed E-state index contributed by atoms with van der Waals surface area (Å²) in [5.74, 6) is 1.37. The summed E-state index contributed by atoms with van der Waals surface area (Å²) in [6.07, 6.45) is 0. The predicted molar refractivity (Wildman–Crippen MR) is 68.9 cm³/mol. The Morgan fingerprint density at radius 3 is 2.39 bits per heavy atom. The van der Waals surface area contributed by atoms with E-state index in [0.29, 0.717) is 17.2 Å². The summed E-state index contributed by atoms with van der Waals surface area (Å²) in [6.45, 7) is 0. The van der Waals surface area contributed by atoms with E-state index in [-0.39, 0.29) is 5.75 Å². The van der Waals surface area contributed by atoms with Gasteiger partial charge in [0.15, 0.2) is 11.6 Å². The van der Waals surface area contributed by atoms with Crippen molar-refractivity contribution in [2.75, 3.05) is 0 Å². The van der Waals surface area contributed by atoms with Crippen molar-refractivity contribution in [1.29, 1.82) is 0 Å². The zero-order valence-electron chi connectivity index (χ0n) is 9.54. The van der Waals surface area contributed by atoms with E-state index >= 15 is 0 Å². The zero-order chi connectivity index (χ0) is 12.4. The van der Waals surface area contributed by atoms with Crippen LogP contribution in [0.5, 0.6) is 5.75 Å². The lowest BCUT2D eigenvalue weighted by Crippen LogP contribution is -1.81. The molecule has 3 aromatic rings. The molecule has 0 amide bonds. The molecular formula is C14H11N3O. The largest absolute Gasteiger partial charge is 0.507 e.